The van der Waals surface area contributed by atoms with E-state index in [0.717, 1.165) is 24.6 Å². The number of nitrogens with one attached hydrogen (secondary N) is 1. The molecule has 0 unspecified atom stereocenters. The predicted octanol–water partition coefficient (Wildman–Crippen LogP) is 4.61. The fourth-order valence-corrected chi connectivity index (χ4v) is 1.96. The SMILES string of the molecule is CC(C)CCCCCCNc1ccc([N+](=O)[O-])cc1. The third-order valence-electron chi connectivity index (χ3n) is 3.12. The van der Waals surface area contributed by atoms with Crippen molar-refractivity contribution in [2.24, 2.45) is 5.92 Å². The van der Waals surface area contributed by atoms with E-state index < -0.39 is 0 Å². The number of anilines is 1. The molecular weight excluding hydrogens is 240 g/mol. The van der Waals surface area contributed by atoms with Crippen molar-refractivity contribution in [3.05, 3.63) is 34.4 Å². The largest absolute Gasteiger partial charge is 0.385 e. The lowest BCUT2D eigenvalue weighted by Crippen LogP contribution is -2.01. The van der Waals surface area contributed by atoms with E-state index >= 15 is 0 Å². The Labute approximate surface area is 115 Å². The lowest BCUT2D eigenvalue weighted by Gasteiger charge is -2.07. The maximum atomic E-state index is 10.5. The van der Waals surface area contributed by atoms with E-state index in [-0.39, 0.29) is 10.6 Å². The fraction of sp³-hybridized carbons (Fsp3) is 0.600. The number of hydrogen-bond donors (Lipinski definition) is 1. The Balaban J connectivity index is 2.11. The van der Waals surface area contributed by atoms with Crippen LogP contribution in [0.4, 0.5) is 11.4 Å². The number of nitro benzene ring substituents is 1. The lowest BCUT2D eigenvalue weighted by molar-refractivity contribution is -0.384. The molecule has 0 aliphatic carbocycles. The highest BCUT2D eigenvalue weighted by Crippen LogP contribution is 2.15. The first kappa shape index (κ1) is 15.5. The van der Waals surface area contributed by atoms with Crippen LogP contribution >= 0.6 is 0 Å². The molecule has 0 aliphatic rings. The quantitative estimate of drug-likeness (QED) is 0.402. The summed E-state index contributed by atoms with van der Waals surface area (Å²) in [6, 6.07) is 6.59. The van der Waals surface area contributed by atoms with Crippen LogP contribution in [0.3, 0.4) is 0 Å². The van der Waals surface area contributed by atoms with Crippen molar-refractivity contribution in [3.63, 3.8) is 0 Å². The van der Waals surface area contributed by atoms with Gasteiger partial charge < -0.3 is 5.32 Å². The Kier molecular flexibility index (Phi) is 6.93. The van der Waals surface area contributed by atoms with Crippen molar-refractivity contribution in [1.82, 2.24) is 0 Å². The van der Waals surface area contributed by atoms with Crippen molar-refractivity contribution in [1.29, 1.82) is 0 Å². The average Bonchev–Trinajstić information content (AvgIpc) is 2.38. The van der Waals surface area contributed by atoms with Crippen LogP contribution in [0.25, 0.3) is 0 Å². The van der Waals surface area contributed by atoms with Gasteiger partial charge in [0.1, 0.15) is 0 Å². The van der Waals surface area contributed by atoms with Crippen LogP contribution in [0.2, 0.25) is 0 Å². The smallest absolute Gasteiger partial charge is 0.269 e. The molecule has 0 bridgehead atoms. The van der Waals surface area contributed by atoms with E-state index in [1.807, 2.05) is 0 Å². The van der Waals surface area contributed by atoms with Crippen molar-refractivity contribution >= 4 is 11.4 Å². The van der Waals surface area contributed by atoms with E-state index in [4.69, 9.17) is 0 Å². The number of rotatable bonds is 9. The number of nitrogens with zero attached hydrogens (tertiary/aromatic N) is 1. The zero-order valence-electron chi connectivity index (χ0n) is 11.9. The van der Waals surface area contributed by atoms with Gasteiger partial charge in [0.15, 0.2) is 0 Å². The molecule has 0 spiro atoms. The summed E-state index contributed by atoms with van der Waals surface area (Å²) in [5.41, 5.74) is 1.09. The van der Waals surface area contributed by atoms with Crippen molar-refractivity contribution in [3.8, 4) is 0 Å². The van der Waals surface area contributed by atoms with Gasteiger partial charge >= 0.3 is 0 Å². The summed E-state index contributed by atoms with van der Waals surface area (Å²) in [4.78, 5) is 10.1. The van der Waals surface area contributed by atoms with E-state index in [2.05, 4.69) is 19.2 Å². The standard InChI is InChI=1S/C15H24N2O2/c1-13(2)7-5-3-4-6-12-16-14-8-10-15(11-9-14)17(18)19/h8-11,13,16H,3-7,12H2,1-2H3. The summed E-state index contributed by atoms with van der Waals surface area (Å²) in [6.07, 6.45) is 6.31. The maximum absolute atomic E-state index is 10.5. The minimum Gasteiger partial charge on any atom is -0.385 e. The van der Waals surface area contributed by atoms with Crippen LogP contribution in [-0.4, -0.2) is 11.5 Å². The third kappa shape index (κ3) is 6.79. The highest BCUT2D eigenvalue weighted by atomic mass is 16.6. The minimum atomic E-state index is -0.376. The number of unbranched alkanes of at least 4 members (excludes halogenated alkanes) is 3. The van der Waals surface area contributed by atoms with Gasteiger partial charge in [-0.15, -0.1) is 0 Å². The third-order valence-corrected chi connectivity index (χ3v) is 3.12. The first-order chi connectivity index (χ1) is 9.09. The maximum Gasteiger partial charge on any atom is 0.269 e. The second kappa shape index (κ2) is 8.51. The second-order valence-corrected chi connectivity index (χ2v) is 5.33. The molecule has 1 aromatic carbocycles. The Morgan fingerprint density at radius 2 is 1.74 bits per heavy atom. The summed E-state index contributed by atoms with van der Waals surface area (Å²) in [5.74, 6) is 0.804. The summed E-state index contributed by atoms with van der Waals surface area (Å²) < 4.78 is 0. The van der Waals surface area contributed by atoms with Crippen molar-refractivity contribution < 1.29 is 4.92 Å². The zero-order chi connectivity index (χ0) is 14.1. The molecule has 19 heavy (non-hydrogen) atoms. The first-order valence-electron chi connectivity index (χ1n) is 7.08. The monoisotopic (exact) mass is 264 g/mol. The molecule has 0 atom stereocenters. The molecular formula is C15H24N2O2. The van der Waals surface area contributed by atoms with Crippen LogP contribution in [0.1, 0.15) is 46.0 Å². The minimum absolute atomic E-state index is 0.138. The highest BCUT2D eigenvalue weighted by Gasteiger charge is 2.03. The number of non-ortho nitro benzene ring substituents is 1. The van der Waals surface area contributed by atoms with Crippen molar-refractivity contribution in [2.75, 3.05) is 11.9 Å². The summed E-state index contributed by atoms with van der Waals surface area (Å²) in [6.45, 7) is 5.45. The van der Waals surface area contributed by atoms with Gasteiger partial charge in [0.25, 0.3) is 5.69 Å². The van der Waals surface area contributed by atoms with Gasteiger partial charge in [-0.05, 0) is 24.5 Å². The molecule has 4 heteroatoms. The summed E-state index contributed by atoms with van der Waals surface area (Å²) in [7, 11) is 0. The Hall–Kier alpha value is -1.58. The van der Waals surface area contributed by atoms with Gasteiger partial charge in [-0.3, -0.25) is 10.1 Å². The van der Waals surface area contributed by atoms with Gasteiger partial charge in [0.2, 0.25) is 0 Å². The van der Waals surface area contributed by atoms with Gasteiger partial charge in [-0.1, -0.05) is 39.5 Å². The molecule has 0 saturated heterocycles. The predicted molar refractivity (Wildman–Crippen MR) is 79.5 cm³/mol. The zero-order valence-corrected chi connectivity index (χ0v) is 11.9. The molecule has 1 N–H and O–H groups in total. The van der Waals surface area contributed by atoms with Gasteiger partial charge in [0.05, 0.1) is 4.92 Å². The van der Waals surface area contributed by atoms with Crippen LogP contribution in [0.5, 0.6) is 0 Å². The van der Waals surface area contributed by atoms with Crippen molar-refractivity contribution in [2.45, 2.75) is 46.0 Å². The van der Waals surface area contributed by atoms with Crippen LogP contribution < -0.4 is 5.32 Å². The molecule has 1 aromatic rings. The molecule has 0 heterocycles. The number of nitro groups is 1. The van der Waals surface area contributed by atoms with E-state index in [1.54, 1.807) is 12.1 Å². The molecule has 106 valence electrons. The number of benzene rings is 1. The van der Waals surface area contributed by atoms with Gasteiger partial charge in [-0.2, -0.15) is 0 Å². The van der Waals surface area contributed by atoms with Crippen LogP contribution in [-0.2, 0) is 0 Å². The van der Waals surface area contributed by atoms with Crippen LogP contribution in [0, 0.1) is 16.0 Å². The Morgan fingerprint density at radius 1 is 1.11 bits per heavy atom. The van der Waals surface area contributed by atoms with E-state index in [9.17, 15) is 10.1 Å². The Bertz CT molecular complexity index is 374. The molecule has 0 fully saturated rings. The molecule has 0 saturated carbocycles. The Morgan fingerprint density at radius 3 is 2.32 bits per heavy atom. The van der Waals surface area contributed by atoms with Crippen LogP contribution in [0.15, 0.2) is 24.3 Å². The summed E-state index contributed by atoms with van der Waals surface area (Å²) >= 11 is 0. The molecule has 1 rings (SSSR count). The first-order valence-corrected chi connectivity index (χ1v) is 7.08. The van der Waals surface area contributed by atoms with Gasteiger partial charge in [0, 0.05) is 24.4 Å². The molecule has 0 amide bonds. The van der Waals surface area contributed by atoms with E-state index in [1.165, 1.54) is 37.8 Å². The molecule has 4 nitrogen and oxygen atoms in total. The van der Waals surface area contributed by atoms with E-state index in [0.29, 0.717) is 0 Å². The molecule has 0 aliphatic heterocycles. The normalized spacial score (nSPS) is 10.7. The average molecular weight is 264 g/mol. The van der Waals surface area contributed by atoms with Gasteiger partial charge in [-0.25, -0.2) is 0 Å². The molecule has 0 radical (unpaired) electrons. The topological polar surface area (TPSA) is 55.2 Å². The number of hydrogen-bond acceptors (Lipinski definition) is 3. The molecule has 0 aromatic heterocycles. The highest BCUT2D eigenvalue weighted by molar-refractivity contribution is 5.48. The fourth-order valence-electron chi connectivity index (χ4n) is 1.96. The lowest BCUT2D eigenvalue weighted by atomic mass is 10.0. The summed E-state index contributed by atoms with van der Waals surface area (Å²) in [5, 5.41) is 13.8. The second-order valence-electron chi connectivity index (χ2n) is 5.33.